The van der Waals surface area contributed by atoms with Crippen molar-refractivity contribution in [3.63, 3.8) is 0 Å². The number of hydrogen-bond acceptors (Lipinski definition) is 3. The van der Waals surface area contributed by atoms with E-state index >= 15 is 0 Å². The van der Waals surface area contributed by atoms with Gasteiger partial charge in [-0.1, -0.05) is 20.8 Å². The molecule has 1 aliphatic rings. The normalized spacial score (nSPS) is 19.6. The molecule has 1 saturated heterocycles. The molecule has 4 nitrogen and oxygen atoms in total. The molecule has 1 amide bonds. The van der Waals surface area contributed by atoms with Crippen molar-refractivity contribution in [3.8, 4) is 0 Å². The molecule has 0 aromatic rings. The van der Waals surface area contributed by atoms with Crippen molar-refractivity contribution in [3.05, 3.63) is 0 Å². The second-order valence-electron chi connectivity index (χ2n) is 5.39. The minimum Gasteiger partial charge on any atom is -0.388 e. The highest BCUT2D eigenvalue weighted by molar-refractivity contribution is 5.78. The van der Waals surface area contributed by atoms with Gasteiger partial charge < -0.3 is 15.2 Å². The molecule has 1 unspecified atom stereocenters. The number of amides is 1. The predicted octanol–water partition coefficient (Wildman–Crippen LogP) is 1.72. The lowest BCUT2D eigenvalue weighted by Crippen LogP contribution is -2.45. The molecule has 0 aromatic heterocycles. The minimum absolute atomic E-state index is 0.00635. The molecular formula is C14H27NO3. The maximum Gasteiger partial charge on any atom is 0.223 e. The van der Waals surface area contributed by atoms with E-state index in [1.165, 1.54) is 0 Å². The fourth-order valence-corrected chi connectivity index (χ4v) is 2.34. The summed E-state index contributed by atoms with van der Waals surface area (Å²) >= 11 is 0. The molecule has 0 bridgehead atoms. The summed E-state index contributed by atoms with van der Waals surface area (Å²) in [6.07, 6.45) is 3.24. The van der Waals surface area contributed by atoms with Crippen LogP contribution in [0.15, 0.2) is 0 Å². The van der Waals surface area contributed by atoms with E-state index in [9.17, 15) is 9.90 Å². The smallest absolute Gasteiger partial charge is 0.223 e. The number of ether oxygens (including phenoxy) is 1. The van der Waals surface area contributed by atoms with Gasteiger partial charge in [-0.25, -0.2) is 0 Å². The van der Waals surface area contributed by atoms with Crippen LogP contribution >= 0.6 is 0 Å². The lowest BCUT2D eigenvalue weighted by molar-refractivity contribution is -0.128. The molecule has 1 atom stereocenters. The Labute approximate surface area is 110 Å². The van der Waals surface area contributed by atoms with Gasteiger partial charge in [-0.05, 0) is 31.6 Å². The molecule has 1 heterocycles. The van der Waals surface area contributed by atoms with Gasteiger partial charge >= 0.3 is 0 Å². The Morgan fingerprint density at radius 3 is 2.44 bits per heavy atom. The molecule has 18 heavy (non-hydrogen) atoms. The van der Waals surface area contributed by atoms with E-state index in [2.05, 4.69) is 5.32 Å². The third kappa shape index (κ3) is 4.25. The van der Waals surface area contributed by atoms with Crippen molar-refractivity contribution in [2.24, 2.45) is 11.8 Å². The molecule has 0 aromatic carbocycles. The van der Waals surface area contributed by atoms with E-state index in [1.807, 2.05) is 20.8 Å². The van der Waals surface area contributed by atoms with Crippen LogP contribution in [0.25, 0.3) is 0 Å². The van der Waals surface area contributed by atoms with Crippen molar-refractivity contribution in [1.82, 2.24) is 5.32 Å². The lowest BCUT2D eigenvalue weighted by Gasteiger charge is -2.29. The van der Waals surface area contributed by atoms with Crippen LogP contribution in [0.1, 0.15) is 46.5 Å². The van der Waals surface area contributed by atoms with Crippen LogP contribution in [-0.4, -0.2) is 36.4 Å². The van der Waals surface area contributed by atoms with Gasteiger partial charge in [0.15, 0.2) is 0 Å². The Balaban J connectivity index is 2.39. The fourth-order valence-electron chi connectivity index (χ4n) is 2.34. The molecule has 1 aliphatic heterocycles. The number of carbonyl (C=O) groups is 1. The number of nitrogens with one attached hydrogen (secondary N) is 1. The van der Waals surface area contributed by atoms with Crippen molar-refractivity contribution in [2.45, 2.75) is 52.1 Å². The summed E-state index contributed by atoms with van der Waals surface area (Å²) in [6, 6.07) is 0. The topological polar surface area (TPSA) is 58.6 Å². The zero-order chi connectivity index (χ0) is 13.6. The molecule has 1 rings (SSSR count). The summed E-state index contributed by atoms with van der Waals surface area (Å²) in [6.45, 7) is 7.73. The van der Waals surface area contributed by atoms with Gasteiger partial charge in [-0.3, -0.25) is 4.79 Å². The summed E-state index contributed by atoms with van der Waals surface area (Å²) in [5, 5.41) is 13.0. The van der Waals surface area contributed by atoms with E-state index < -0.39 is 5.60 Å². The highest BCUT2D eigenvalue weighted by Gasteiger charge is 2.28. The average molecular weight is 257 g/mol. The molecule has 1 fully saturated rings. The van der Waals surface area contributed by atoms with E-state index in [-0.39, 0.29) is 11.8 Å². The van der Waals surface area contributed by atoms with Gasteiger partial charge in [-0.2, -0.15) is 0 Å². The highest BCUT2D eigenvalue weighted by atomic mass is 16.5. The molecule has 0 spiro atoms. The monoisotopic (exact) mass is 257 g/mol. The summed E-state index contributed by atoms with van der Waals surface area (Å²) in [5.74, 6) is 0.476. The maximum absolute atomic E-state index is 12.1. The van der Waals surface area contributed by atoms with Crippen LogP contribution in [0.4, 0.5) is 0 Å². The second kappa shape index (κ2) is 7.10. The zero-order valence-electron chi connectivity index (χ0n) is 11.9. The van der Waals surface area contributed by atoms with E-state index in [1.54, 1.807) is 0 Å². The molecule has 0 radical (unpaired) electrons. The molecule has 4 heteroatoms. The molecule has 2 N–H and O–H groups in total. The van der Waals surface area contributed by atoms with Gasteiger partial charge in [0.1, 0.15) is 0 Å². The minimum atomic E-state index is -0.759. The number of aliphatic hydroxyl groups is 1. The van der Waals surface area contributed by atoms with Gasteiger partial charge in [0, 0.05) is 25.7 Å². The van der Waals surface area contributed by atoms with Gasteiger partial charge in [0.25, 0.3) is 0 Å². The van der Waals surface area contributed by atoms with Crippen LogP contribution in [0.3, 0.4) is 0 Å². The third-order valence-corrected chi connectivity index (χ3v) is 4.29. The van der Waals surface area contributed by atoms with Crippen LogP contribution in [0.2, 0.25) is 0 Å². The third-order valence-electron chi connectivity index (χ3n) is 4.29. The standard InChI is InChI=1S/C14H27NO3/c1-4-14(17,5-2)10-15-13(16)11(3)12-6-8-18-9-7-12/h11-12,17H,4-10H2,1-3H3,(H,15,16). The molecular weight excluding hydrogens is 230 g/mol. The Bertz CT molecular complexity index is 258. The Hall–Kier alpha value is -0.610. The SMILES string of the molecule is CCC(O)(CC)CNC(=O)C(C)C1CCOCC1. The number of carbonyl (C=O) groups excluding carboxylic acids is 1. The molecule has 0 saturated carbocycles. The van der Waals surface area contributed by atoms with Crippen molar-refractivity contribution in [1.29, 1.82) is 0 Å². The van der Waals surface area contributed by atoms with Crippen LogP contribution in [0, 0.1) is 11.8 Å². The zero-order valence-corrected chi connectivity index (χ0v) is 11.9. The van der Waals surface area contributed by atoms with Crippen molar-refractivity contribution in [2.75, 3.05) is 19.8 Å². The van der Waals surface area contributed by atoms with E-state index in [0.717, 1.165) is 26.1 Å². The molecule has 0 aliphatic carbocycles. The predicted molar refractivity (Wildman–Crippen MR) is 71.2 cm³/mol. The summed E-state index contributed by atoms with van der Waals surface area (Å²) < 4.78 is 5.31. The Morgan fingerprint density at radius 1 is 1.39 bits per heavy atom. The average Bonchev–Trinajstić information content (AvgIpc) is 2.44. The summed E-state index contributed by atoms with van der Waals surface area (Å²) in [7, 11) is 0. The van der Waals surface area contributed by atoms with Crippen LogP contribution < -0.4 is 5.32 Å². The van der Waals surface area contributed by atoms with Gasteiger partial charge in [-0.15, -0.1) is 0 Å². The first-order chi connectivity index (χ1) is 8.52. The highest BCUT2D eigenvalue weighted by Crippen LogP contribution is 2.24. The summed E-state index contributed by atoms with van der Waals surface area (Å²) in [5.41, 5.74) is -0.759. The van der Waals surface area contributed by atoms with Crippen LogP contribution in [-0.2, 0) is 9.53 Å². The maximum atomic E-state index is 12.1. The number of hydrogen-bond donors (Lipinski definition) is 2. The number of rotatable bonds is 6. The first-order valence-electron chi connectivity index (χ1n) is 7.10. The van der Waals surface area contributed by atoms with E-state index in [0.29, 0.717) is 25.3 Å². The quantitative estimate of drug-likeness (QED) is 0.761. The van der Waals surface area contributed by atoms with E-state index in [4.69, 9.17) is 4.74 Å². The Morgan fingerprint density at radius 2 is 1.94 bits per heavy atom. The van der Waals surface area contributed by atoms with Crippen LogP contribution in [0.5, 0.6) is 0 Å². The fraction of sp³-hybridized carbons (Fsp3) is 0.929. The first-order valence-corrected chi connectivity index (χ1v) is 7.10. The molecule has 106 valence electrons. The first kappa shape index (κ1) is 15.4. The lowest BCUT2D eigenvalue weighted by atomic mass is 9.86. The van der Waals surface area contributed by atoms with Crippen molar-refractivity contribution < 1.29 is 14.6 Å². The Kier molecular flexibility index (Phi) is 6.09. The van der Waals surface area contributed by atoms with Gasteiger partial charge in [0.2, 0.25) is 5.91 Å². The largest absolute Gasteiger partial charge is 0.388 e. The summed E-state index contributed by atoms with van der Waals surface area (Å²) in [4.78, 5) is 12.1. The second-order valence-corrected chi connectivity index (χ2v) is 5.39. The van der Waals surface area contributed by atoms with Gasteiger partial charge in [0.05, 0.1) is 5.60 Å². The van der Waals surface area contributed by atoms with Crippen molar-refractivity contribution >= 4 is 5.91 Å².